The smallest absolute Gasteiger partial charge is 0.00995 e. The summed E-state index contributed by atoms with van der Waals surface area (Å²) in [5, 5.41) is 0. The van der Waals surface area contributed by atoms with Gasteiger partial charge in [-0.1, -0.05) is 30.2 Å². The lowest BCUT2D eigenvalue weighted by molar-refractivity contribution is 0.671. The van der Waals surface area contributed by atoms with E-state index in [1.165, 1.54) is 24.8 Å². The van der Waals surface area contributed by atoms with Crippen LogP contribution in [0.3, 0.4) is 0 Å². The van der Waals surface area contributed by atoms with E-state index in [1.54, 1.807) is 5.57 Å². The molecular formula is C10H14. The van der Waals surface area contributed by atoms with Crippen molar-refractivity contribution in [1.29, 1.82) is 0 Å². The van der Waals surface area contributed by atoms with Gasteiger partial charge < -0.3 is 0 Å². The minimum Gasteiger partial charge on any atom is -0.0692 e. The Kier molecular flexibility index (Phi) is 1.08. The SMILES string of the molecule is CC1=CC=C(C2(C)CC2)C1. The lowest BCUT2D eigenvalue weighted by Gasteiger charge is -2.09. The summed E-state index contributed by atoms with van der Waals surface area (Å²) in [5.74, 6) is 0. The molecule has 0 spiro atoms. The zero-order valence-corrected chi connectivity index (χ0v) is 6.78. The zero-order valence-electron chi connectivity index (χ0n) is 6.78. The molecule has 0 aliphatic heterocycles. The number of hydrogen-bond donors (Lipinski definition) is 0. The first-order valence-corrected chi connectivity index (χ1v) is 4.07. The molecule has 0 amide bonds. The fourth-order valence-corrected chi connectivity index (χ4v) is 1.58. The van der Waals surface area contributed by atoms with Gasteiger partial charge in [-0.05, 0) is 31.6 Å². The normalized spacial score (nSPS) is 27.8. The molecule has 2 aliphatic carbocycles. The van der Waals surface area contributed by atoms with Crippen LogP contribution < -0.4 is 0 Å². The molecule has 1 fully saturated rings. The summed E-state index contributed by atoms with van der Waals surface area (Å²) in [4.78, 5) is 0. The molecule has 10 heavy (non-hydrogen) atoms. The van der Waals surface area contributed by atoms with Crippen LogP contribution in [0.4, 0.5) is 0 Å². The highest BCUT2D eigenvalue weighted by Crippen LogP contribution is 2.54. The summed E-state index contributed by atoms with van der Waals surface area (Å²) in [7, 11) is 0. The molecule has 0 aromatic carbocycles. The molecule has 0 nitrogen and oxygen atoms in total. The fourth-order valence-electron chi connectivity index (χ4n) is 1.58. The topological polar surface area (TPSA) is 0 Å². The van der Waals surface area contributed by atoms with E-state index in [4.69, 9.17) is 0 Å². The molecule has 0 aromatic rings. The van der Waals surface area contributed by atoms with Gasteiger partial charge in [0.1, 0.15) is 0 Å². The predicted octanol–water partition coefficient (Wildman–Crippen LogP) is 3.06. The van der Waals surface area contributed by atoms with Crippen molar-refractivity contribution < 1.29 is 0 Å². The van der Waals surface area contributed by atoms with Gasteiger partial charge in [0.15, 0.2) is 0 Å². The summed E-state index contributed by atoms with van der Waals surface area (Å²) >= 11 is 0. The van der Waals surface area contributed by atoms with E-state index in [0.717, 1.165) is 0 Å². The molecule has 0 heteroatoms. The van der Waals surface area contributed by atoms with Gasteiger partial charge >= 0.3 is 0 Å². The number of rotatable bonds is 1. The Morgan fingerprint density at radius 1 is 1.30 bits per heavy atom. The first-order chi connectivity index (χ1) is 4.71. The van der Waals surface area contributed by atoms with Gasteiger partial charge in [-0.2, -0.15) is 0 Å². The third-order valence-electron chi connectivity index (χ3n) is 2.81. The molecule has 0 aromatic heterocycles. The van der Waals surface area contributed by atoms with Crippen molar-refractivity contribution >= 4 is 0 Å². The van der Waals surface area contributed by atoms with Crippen LogP contribution in [0, 0.1) is 5.41 Å². The van der Waals surface area contributed by atoms with E-state index in [9.17, 15) is 0 Å². The van der Waals surface area contributed by atoms with Gasteiger partial charge in [0.25, 0.3) is 0 Å². The van der Waals surface area contributed by atoms with Crippen molar-refractivity contribution in [3.05, 3.63) is 23.3 Å². The first kappa shape index (κ1) is 6.21. The molecular weight excluding hydrogens is 120 g/mol. The van der Waals surface area contributed by atoms with Gasteiger partial charge in [0, 0.05) is 0 Å². The molecule has 2 rings (SSSR count). The average molecular weight is 134 g/mol. The van der Waals surface area contributed by atoms with E-state index in [-0.39, 0.29) is 0 Å². The Morgan fingerprint density at radius 3 is 2.40 bits per heavy atom. The van der Waals surface area contributed by atoms with Crippen molar-refractivity contribution in [3.8, 4) is 0 Å². The molecule has 0 heterocycles. The van der Waals surface area contributed by atoms with E-state index >= 15 is 0 Å². The van der Waals surface area contributed by atoms with Crippen LogP contribution in [0.25, 0.3) is 0 Å². The highest BCUT2D eigenvalue weighted by Gasteiger charge is 2.40. The first-order valence-electron chi connectivity index (χ1n) is 4.07. The maximum absolute atomic E-state index is 2.38. The van der Waals surface area contributed by atoms with Crippen molar-refractivity contribution in [2.75, 3.05) is 0 Å². The Labute approximate surface area is 62.6 Å². The van der Waals surface area contributed by atoms with E-state index in [1.807, 2.05) is 0 Å². The molecule has 2 aliphatic rings. The maximum Gasteiger partial charge on any atom is -0.00995 e. The van der Waals surface area contributed by atoms with Gasteiger partial charge in [-0.25, -0.2) is 0 Å². The molecule has 0 N–H and O–H groups in total. The second-order valence-corrected chi connectivity index (χ2v) is 3.94. The Morgan fingerprint density at radius 2 is 2.00 bits per heavy atom. The van der Waals surface area contributed by atoms with Crippen LogP contribution >= 0.6 is 0 Å². The standard InChI is InChI=1S/C10H14/c1-8-3-4-9(7-8)10(2)5-6-10/h3-4H,5-7H2,1-2H3. The van der Waals surface area contributed by atoms with Crippen molar-refractivity contribution in [2.45, 2.75) is 33.1 Å². The van der Waals surface area contributed by atoms with E-state index < -0.39 is 0 Å². The summed E-state index contributed by atoms with van der Waals surface area (Å²) in [5.41, 5.74) is 3.82. The molecule has 0 bridgehead atoms. The summed E-state index contributed by atoms with van der Waals surface area (Å²) < 4.78 is 0. The minimum atomic E-state index is 0.619. The molecule has 54 valence electrons. The zero-order chi connectivity index (χ0) is 7.19. The van der Waals surface area contributed by atoms with Crippen molar-refractivity contribution in [3.63, 3.8) is 0 Å². The highest BCUT2D eigenvalue weighted by atomic mass is 14.4. The molecule has 0 atom stereocenters. The fraction of sp³-hybridized carbons (Fsp3) is 0.600. The van der Waals surface area contributed by atoms with Gasteiger partial charge in [0.05, 0.1) is 0 Å². The largest absolute Gasteiger partial charge is 0.0692 e. The second-order valence-electron chi connectivity index (χ2n) is 3.94. The van der Waals surface area contributed by atoms with Crippen LogP contribution in [0.2, 0.25) is 0 Å². The van der Waals surface area contributed by atoms with Gasteiger partial charge in [-0.15, -0.1) is 0 Å². The minimum absolute atomic E-state index is 0.619. The van der Waals surface area contributed by atoms with Crippen LogP contribution in [-0.4, -0.2) is 0 Å². The van der Waals surface area contributed by atoms with Crippen LogP contribution in [0.5, 0.6) is 0 Å². The van der Waals surface area contributed by atoms with E-state index in [0.29, 0.717) is 5.41 Å². The summed E-state index contributed by atoms with van der Waals surface area (Å²) in [6, 6.07) is 0. The number of allylic oxidation sites excluding steroid dienone is 4. The Hall–Kier alpha value is -0.520. The molecule has 0 unspecified atom stereocenters. The predicted molar refractivity (Wildman–Crippen MR) is 43.8 cm³/mol. The third kappa shape index (κ3) is 0.828. The van der Waals surface area contributed by atoms with Crippen LogP contribution in [0.1, 0.15) is 33.1 Å². The van der Waals surface area contributed by atoms with Gasteiger partial charge in [0.2, 0.25) is 0 Å². The Balaban J connectivity index is 2.11. The lowest BCUT2D eigenvalue weighted by Crippen LogP contribution is -1.95. The second kappa shape index (κ2) is 1.75. The maximum atomic E-state index is 2.38. The summed E-state index contributed by atoms with van der Waals surface area (Å²) in [6.07, 6.45) is 8.66. The van der Waals surface area contributed by atoms with Crippen molar-refractivity contribution in [1.82, 2.24) is 0 Å². The van der Waals surface area contributed by atoms with Gasteiger partial charge in [-0.3, -0.25) is 0 Å². The lowest BCUT2D eigenvalue weighted by atomic mass is 9.96. The van der Waals surface area contributed by atoms with E-state index in [2.05, 4.69) is 26.0 Å². The summed E-state index contributed by atoms with van der Waals surface area (Å²) in [6.45, 7) is 4.60. The molecule has 1 saturated carbocycles. The molecule has 0 radical (unpaired) electrons. The highest BCUT2D eigenvalue weighted by molar-refractivity contribution is 5.35. The monoisotopic (exact) mass is 134 g/mol. The van der Waals surface area contributed by atoms with Crippen LogP contribution in [0.15, 0.2) is 23.3 Å². The average Bonchev–Trinajstić information content (AvgIpc) is 2.45. The quantitative estimate of drug-likeness (QED) is 0.517. The van der Waals surface area contributed by atoms with Crippen LogP contribution in [-0.2, 0) is 0 Å². The van der Waals surface area contributed by atoms with Crippen molar-refractivity contribution in [2.24, 2.45) is 5.41 Å². The molecule has 0 saturated heterocycles. The number of hydrogen-bond acceptors (Lipinski definition) is 0. The third-order valence-corrected chi connectivity index (χ3v) is 2.81. The Bertz CT molecular complexity index is 214.